The van der Waals surface area contributed by atoms with Gasteiger partial charge in [0.25, 0.3) is 0 Å². The van der Waals surface area contributed by atoms with Gasteiger partial charge < -0.3 is 9.84 Å². The molecule has 0 spiro atoms. The molecule has 3 heteroatoms. The third-order valence-electron chi connectivity index (χ3n) is 9.23. The molecule has 0 saturated heterocycles. The molecule has 0 heterocycles. The van der Waals surface area contributed by atoms with E-state index in [0.29, 0.717) is 18.3 Å². The summed E-state index contributed by atoms with van der Waals surface area (Å²) in [5.74, 6) is 2.70. The zero-order chi connectivity index (χ0) is 20.1. The molecule has 0 aromatic heterocycles. The van der Waals surface area contributed by atoms with E-state index in [0.717, 1.165) is 50.4 Å². The first-order valence-corrected chi connectivity index (χ1v) is 11.8. The Morgan fingerprint density at radius 2 is 1.96 bits per heavy atom. The minimum absolute atomic E-state index is 0.00929. The largest absolute Gasteiger partial charge is 0.462 e. The van der Waals surface area contributed by atoms with Crippen molar-refractivity contribution in [3.8, 4) is 0 Å². The van der Waals surface area contributed by atoms with Gasteiger partial charge in [0.15, 0.2) is 0 Å². The molecule has 4 aliphatic carbocycles. The second-order valence-electron chi connectivity index (χ2n) is 11.2. The van der Waals surface area contributed by atoms with Crippen molar-refractivity contribution in [3.05, 3.63) is 11.6 Å². The van der Waals surface area contributed by atoms with Gasteiger partial charge in [0.05, 0.1) is 6.10 Å². The van der Waals surface area contributed by atoms with Crippen molar-refractivity contribution in [2.45, 2.75) is 104 Å². The Morgan fingerprint density at radius 1 is 1.18 bits per heavy atom. The monoisotopic (exact) mass is 388 g/mol. The van der Waals surface area contributed by atoms with Crippen LogP contribution in [0, 0.1) is 34.5 Å². The average molecular weight is 389 g/mol. The maximum absolute atomic E-state index is 12.2. The first kappa shape index (κ1) is 20.4. The third-order valence-corrected chi connectivity index (χ3v) is 9.23. The summed E-state index contributed by atoms with van der Waals surface area (Å²) in [7, 11) is 0. The number of aliphatic hydroxyl groups is 1. The number of aliphatic hydroxyl groups excluding tert-OH is 1. The molecule has 7 atom stereocenters. The van der Waals surface area contributed by atoms with Crippen molar-refractivity contribution in [2.75, 3.05) is 0 Å². The molecule has 3 nitrogen and oxygen atoms in total. The van der Waals surface area contributed by atoms with Gasteiger partial charge >= 0.3 is 5.97 Å². The summed E-state index contributed by atoms with van der Waals surface area (Å²) in [6, 6.07) is 0. The number of esters is 1. The predicted octanol–water partition coefficient (Wildman–Crippen LogP) is 5.66. The second kappa shape index (κ2) is 7.45. The van der Waals surface area contributed by atoms with E-state index in [1.165, 1.54) is 19.3 Å². The second-order valence-corrected chi connectivity index (χ2v) is 11.2. The van der Waals surface area contributed by atoms with E-state index in [1.807, 2.05) is 0 Å². The fraction of sp³-hybridized carbons (Fsp3) is 0.880. The molecule has 4 rings (SSSR count). The Kier molecular flexibility index (Phi) is 5.44. The molecule has 3 saturated carbocycles. The molecule has 0 bridgehead atoms. The summed E-state index contributed by atoms with van der Waals surface area (Å²) < 4.78 is 5.86. The Hall–Kier alpha value is -0.830. The quantitative estimate of drug-likeness (QED) is 0.499. The Morgan fingerprint density at radius 3 is 2.71 bits per heavy atom. The normalized spacial score (nSPS) is 45.1. The molecule has 1 N–H and O–H groups in total. The SMILES string of the molecule is CC(C)CCC(=O)O[C@H]1CC[C@@]2(C)C(=CC[C@H]3[C@@H]4CC[C@H](O)[C@@]4(C)CC[C@@H]32)C1. The molecule has 0 unspecified atom stereocenters. The number of fused-ring (bicyclic) bond motifs is 5. The molecular weight excluding hydrogens is 348 g/mol. The van der Waals surface area contributed by atoms with Crippen molar-refractivity contribution in [1.29, 1.82) is 0 Å². The van der Waals surface area contributed by atoms with Crippen molar-refractivity contribution < 1.29 is 14.6 Å². The number of hydrogen-bond acceptors (Lipinski definition) is 3. The maximum atomic E-state index is 12.2. The summed E-state index contributed by atoms with van der Waals surface area (Å²) in [4.78, 5) is 12.2. The van der Waals surface area contributed by atoms with Gasteiger partial charge in [0, 0.05) is 12.8 Å². The van der Waals surface area contributed by atoms with Crippen LogP contribution in [-0.2, 0) is 9.53 Å². The van der Waals surface area contributed by atoms with Gasteiger partial charge in [-0.05, 0) is 85.9 Å². The standard InChI is InChI=1S/C25H40O3/c1-16(2)5-10-23(27)28-18-11-13-24(3)17(15-18)6-7-19-20-8-9-22(26)25(20,4)14-12-21(19)24/h6,16,18-22,26H,5,7-15H2,1-4H3/t18-,19-,20-,21-,22-,24-,25-/m0/s1. The first-order chi connectivity index (χ1) is 13.2. The summed E-state index contributed by atoms with van der Waals surface area (Å²) in [5, 5.41) is 10.6. The molecule has 158 valence electrons. The highest BCUT2D eigenvalue weighted by Gasteiger charge is 2.58. The molecular formula is C25H40O3. The van der Waals surface area contributed by atoms with E-state index in [2.05, 4.69) is 33.8 Å². The van der Waals surface area contributed by atoms with E-state index in [9.17, 15) is 9.90 Å². The zero-order valence-electron chi connectivity index (χ0n) is 18.4. The number of ether oxygens (including phenoxy) is 1. The van der Waals surface area contributed by atoms with Crippen LogP contribution < -0.4 is 0 Å². The first-order valence-electron chi connectivity index (χ1n) is 11.8. The van der Waals surface area contributed by atoms with E-state index >= 15 is 0 Å². The van der Waals surface area contributed by atoms with Crippen molar-refractivity contribution >= 4 is 5.97 Å². The fourth-order valence-corrected chi connectivity index (χ4v) is 7.35. The third kappa shape index (κ3) is 3.36. The van der Waals surface area contributed by atoms with Gasteiger partial charge in [-0.25, -0.2) is 0 Å². The molecule has 4 aliphatic rings. The highest BCUT2D eigenvalue weighted by atomic mass is 16.5. The molecule has 3 fully saturated rings. The van der Waals surface area contributed by atoms with E-state index in [1.54, 1.807) is 5.57 Å². The maximum Gasteiger partial charge on any atom is 0.306 e. The molecule has 0 amide bonds. The number of carbonyl (C=O) groups excluding carboxylic acids is 1. The van der Waals surface area contributed by atoms with Gasteiger partial charge in [0.2, 0.25) is 0 Å². The number of allylic oxidation sites excluding steroid dienone is 1. The molecule has 0 aromatic rings. The highest BCUT2D eigenvalue weighted by molar-refractivity contribution is 5.69. The van der Waals surface area contributed by atoms with Gasteiger partial charge in [-0.15, -0.1) is 0 Å². The molecule has 0 radical (unpaired) electrons. The summed E-state index contributed by atoms with van der Waals surface area (Å²) >= 11 is 0. The van der Waals surface area contributed by atoms with Crippen molar-refractivity contribution in [1.82, 2.24) is 0 Å². The highest BCUT2D eigenvalue weighted by Crippen LogP contribution is 2.64. The Bertz CT molecular complexity index is 638. The van der Waals surface area contributed by atoms with Crippen LogP contribution in [0.1, 0.15) is 91.9 Å². The molecule has 0 aromatic carbocycles. The average Bonchev–Trinajstić information content (AvgIpc) is 2.95. The summed E-state index contributed by atoms with van der Waals surface area (Å²) in [6.45, 7) is 9.14. The lowest BCUT2D eigenvalue weighted by molar-refractivity contribution is -0.151. The number of carbonyl (C=O) groups is 1. The number of hydrogen-bond donors (Lipinski definition) is 1. The van der Waals surface area contributed by atoms with Gasteiger partial charge in [-0.3, -0.25) is 4.79 Å². The van der Waals surface area contributed by atoms with Crippen LogP contribution in [-0.4, -0.2) is 23.3 Å². The minimum Gasteiger partial charge on any atom is -0.462 e. The van der Waals surface area contributed by atoms with Gasteiger partial charge in [0.1, 0.15) is 6.10 Å². The summed E-state index contributed by atoms with van der Waals surface area (Å²) in [5.41, 5.74) is 1.98. The van der Waals surface area contributed by atoms with Crippen LogP contribution in [0.4, 0.5) is 0 Å². The fourth-order valence-electron chi connectivity index (χ4n) is 7.35. The van der Waals surface area contributed by atoms with Crippen molar-refractivity contribution in [3.63, 3.8) is 0 Å². The smallest absolute Gasteiger partial charge is 0.306 e. The Labute approximate surface area is 171 Å². The van der Waals surface area contributed by atoms with Crippen LogP contribution in [0.5, 0.6) is 0 Å². The lowest BCUT2D eigenvalue weighted by Crippen LogP contribution is -2.51. The van der Waals surface area contributed by atoms with Crippen LogP contribution in [0.15, 0.2) is 11.6 Å². The van der Waals surface area contributed by atoms with Gasteiger partial charge in [-0.2, -0.15) is 0 Å². The van der Waals surface area contributed by atoms with E-state index in [4.69, 9.17) is 4.74 Å². The minimum atomic E-state index is -0.0994. The van der Waals surface area contributed by atoms with Gasteiger partial charge in [-0.1, -0.05) is 39.3 Å². The van der Waals surface area contributed by atoms with Crippen LogP contribution in [0.2, 0.25) is 0 Å². The van der Waals surface area contributed by atoms with E-state index in [-0.39, 0.29) is 29.0 Å². The van der Waals surface area contributed by atoms with Crippen molar-refractivity contribution in [2.24, 2.45) is 34.5 Å². The lowest BCUT2D eigenvalue weighted by atomic mass is 9.48. The van der Waals surface area contributed by atoms with Crippen LogP contribution in [0.25, 0.3) is 0 Å². The van der Waals surface area contributed by atoms with Crippen LogP contribution >= 0.6 is 0 Å². The van der Waals surface area contributed by atoms with Crippen LogP contribution in [0.3, 0.4) is 0 Å². The Balaban J connectivity index is 1.44. The summed E-state index contributed by atoms with van der Waals surface area (Å²) in [6.07, 6.45) is 12.8. The zero-order valence-corrected chi connectivity index (χ0v) is 18.4. The molecule has 28 heavy (non-hydrogen) atoms. The predicted molar refractivity (Wildman–Crippen MR) is 112 cm³/mol. The lowest BCUT2D eigenvalue weighted by Gasteiger charge is -2.57. The number of rotatable bonds is 4. The topological polar surface area (TPSA) is 46.5 Å². The molecule has 0 aliphatic heterocycles. The van der Waals surface area contributed by atoms with E-state index < -0.39 is 0 Å².